The van der Waals surface area contributed by atoms with Crippen LogP contribution in [0, 0.1) is 0 Å². The molecule has 0 amide bonds. The number of thioether (sulfide) groups is 1. The van der Waals surface area contributed by atoms with Crippen molar-refractivity contribution in [2.45, 2.75) is 19.5 Å². The second-order valence-corrected chi connectivity index (χ2v) is 6.58. The van der Waals surface area contributed by atoms with Gasteiger partial charge in [0.05, 0.1) is 6.61 Å². The first-order valence-electron chi connectivity index (χ1n) is 7.05. The van der Waals surface area contributed by atoms with Crippen LogP contribution >= 0.6 is 23.4 Å². The Morgan fingerprint density at radius 1 is 1.50 bits per heavy atom. The third-order valence-electron chi connectivity index (χ3n) is 3.56. The lowest BCUT2D eigenvalue weighted by Gasteiger charge is -2.36. The lowest BCUT2D eigenvalue weighted by molar-refractivity contribution is 0.199. The number of methoxy groups -OCH3 is 1. The molecule has 0 spiro atoms. The van der Waals surface area contributed by atoms with Gasteiger partial charge in [0.15, 0.2) is 0 Å². The first-order chi connectivity index (χ1) is 9.74. The number of nitrogens with zero attached hydrogens (tertiary/aromatic N) is 1. The summed E-state index contributed by atoms with van der Waals surface area (Å²) in [4.78, 5) is 2.48. The highest BCUT2D eigenvalue weighted by Gasteiger charge is 2.21. The first kappa shape index (κ1) is 16.0. The maximum Gasteiger partial charge on any atom is 0.0587 e. The molecule has 1 fully saturated rings. The van der Waals surface area contributed by atoms with Crippen LogP contribution in [0.5, 0.6) is 0 Å². The van der Waals surface area contributed by atoms with Gasteiger partial charge < -0.3 is 15.0 Å². The van der Waals surface area contributed by atoms with Crippen molar-refractivity contribution in [3.05, 3.63) is 28.8 Å². The van der Waals surface area contributed by atoms with E-state index >= 15 is 0 Å². The van der Waals surface area contributed by atoms with Gasteiger partial charge in [0.1, 0.15) is 0 Å². The van der Waals surface area contributed by atoms with Gasteiger partial charge in [-0.05, 0) is 19.1 Å². The Kier molecular flexibility index (Phi) is 6.49. The van der Waals surface area contributed by atoms with Crippen LogP contribution in [0.25, 0.3) is 0 Å². The minimum atomic E-state index is 0.560. The number of ether oxygens (including phenoxy) is 1. The van der Waals surface area contributed by atoms with Crippen LogP contribution in [0.4, 0.5) is 5.69 Å². The largest absolute Gasteiger partial charge is 0.383 e. The average Bonchev–Trinajstić information content (AvgIpc) is 2.45. The van der Waals surface area contributed by atoms with Crippen LogP contribution in [0.15, 0.2) is 18.2 Å². The molecule has 0 aromatic heterocycles. The maximum atomic E-state index is 6.41. The van der Waals surface area contributed by atoms with E-state index in [1.165, 1.54) is 22.8 Å². The summed E-state index contributed by atoms with van der Waals surface area (Å²) >= 11 is 8.44. The van der Waals surface area contributed by atoms with E-state index in [2.05, 4.69) is 23.2 Å². The lowest BCUT2D eigenvalue weighted by Crippen LogP contribution is -2.41. The van der Waals surface area contributed by atoms with Crippen molar-refractivity contribution in [1.29, 1.82) is 0 Å². The normalized spacial score (nSPS) is 19.4. The van der Waals surface area contributed by atoms with E-state index in [4.69, 9.17) is 16.3 Å². The summed E-state index contributed by atoms with van der Waals surface area (Å²) in [7, 11) is 1.72. The van der Waals surface area contributed by atoms with Gasteiger partial charge in [-0.25, -0.2) is 0 Å². The van der Waals surface area contributed by atoms with E-state index in [-0.39, 0.29) is 0 Å². The minimum Gasteiger partial charge on any atom is -0.383 e. The van der Waals surface area contributed by atoms with Crippen molar-refractivity contribution in [3.63, 3.8) is 0 Å². The predicted octanol–water partition coefficient (Wildman–Crippen LogP) is 3.02. The molecule has 1 atom stereocenters. The highest BCUT2D eigenvalue weighted by Crippen LogP contribution is 2.31. The smallest absolute Gasteiger partial charge is 0.0587 e. The highest BCUT2D eigenvalue weighted by atomic mass is 35.5. The molecule has 1 aromatic carbocycles. The number of benzene rings is 1. The van der Waals surface area contributed by atoms with Crippen molar-refractivity contribution >= 4 is 29.1 Å². The zero-order valence-electron chi connectivity index (χ0n) is 12.2. The molecular formula is C15H23ClN2OS. The Balaban J connectivity index is 2.12. The standard InChI is InChI=1S/C15H23ClN2OS/c1-12-11-20-9-7-18(12)15-5-3-4-14(16)13(15)10-17-6-8-19-2/h3-5,12,17H,6-11H2,1-2H3. The monoisotopic (exact) mass is 314 g/mol. The van der Waals surface area contributed by atoms with Crippen molar-refractivity contribution < 1.29 is 4.74 Å². The summed E-state index contributed by atoms with van der Waals surface area (Å²) in [5.74, 6) is 2.37. The van der Waals surface area contributed by atoms with Crippen LogP contribution in [0.1, 0.15) is 12.5 Å². The number of hydrogen-bond acceptors (Lipinski definition) is 4. The lowest BCUT2D eigenvalue weighted by atomic mass is 10.1. The molecule has 3 nitrogen and oxygen atoms in total. The molecule has 5 heteroatoms. The van der Waals surface area contributed by atoms with Crippen molar-refractivity contribution in [2.75, 3.05) is 43.2 Å². The summed E-state index contributed by atoms with van der Waals surface area (Å²) in [6, 6.07) is 6.77. The van der Waals surface area contributed by atoms with Gasteiger partial charge in [0.25, 0.3) is 0 Å². The molecule has 0 aliphatic carbocycles. The van der Waals surface area contributed by atoms with E-state index < -0.39 is 0 Å². The number of hydrogen-bond donors (Lipinski definition) is 1. The molecule has 1 saturated heterocycles. The Hall–Kier alpha value is -0.420. The molecule has 2 rings (SSSR count). The fourth-order valence-corrected chi connectivity index (χ4v) is 3.71. The van der Waals surface area contributed by atoms with E-state index in [1.807, 2.05) is 23.9 Å². The van der Waals surface area contributed by atoms with Crippen LogP contribution in [0.3, 0.4) is 0 Å². The second kappa shape index (κ2) is 8.13. The molecule has 20 heavy (non-hydrogen) atoms. The third-order valence-corrected chi connectivity index (χ3v) is 5.10. The van der Waals surface area contributed by atoms with Crippen LogP contribution in [-0.4, -0.2) is 44.4 Å². The molecule has 1 heterocycles. The fraction of sp³-hybridized carbons (Fsp3) is 0.600. The van der Waals surface area contributed by atoms with Crippen LogP contribution < -0.4 is 10.2 Å². The summed E-state index contributed by atoms with van der Waals surface area (Å²) in [5, 5.41) is 4.24. The van der Waals surface area contributed by atoms with Gasteiger partial charge in [0, 0.05) is 60.6 Å². The molecule has 1 aliphatic heterocycles. The van der Waals surface area contributed by atoms with Crippen molar-refractivity contribution in [2.24, 2.45) is 0 Å². The zero-order valence-corrected chi connectivity index (χ0v) is 13.8. The van der Waals surface area contributed by atoms with Crippen LogP contribution in [-0.2, 0) is 11.3 Å². The molecule has 0 radical (unpaired) electrons. The Morgan fingerprint density at radius 2 is 2.35 bits per heavy atom. The zero-order chi connectivity index (χ0) is 14.4. The summed E-state index contributed by atoms with van der Waals surface area (Å²) in [6.45, 7) is 5.73. The third kappa shape index (κ3) is 4.04. The van der Waals surface area contributed by atoms with E-state index in [1.54, 1.807) is 7.11 Å². The molecular weight excluding hydrogens is 292 g/mol. The van der Waals surface area contributed by atoms with Gasteiger partial charge in [-0.15, -0.1) is 0 Å². The van der Waals surface area contributed by atoms with Gasteiger partial charge >= 0.3 is 0 Å². The number of nitrogens with one attached hydrogen (secondary N) is 1. The Bertz CT molecular complexity index is 430. The Morgan fingerprint density at radius 3 is 3.10 bits per heavy atom. The number of halogens is 1. The van der Waals surface area contributed by atoms with Gasteiger partial charge in [0.2, 0.25) is 0 Å². The van der Waals surface area contributed by atoms with Gasteiger partial charge in [-0.2, -0.15) is 11.8 Å². The quantitative estimate of drug-likeness (QED) is 0.816. The molecule has 112 valence electrons. The SMILES string of the molecule is COCCNCc1c(Cl)cccc1N1CCSCC1C. The maximum absolute atomic E-state index is 6.41. The Labute approximate surface area is 131 Å². The molecule has 1 aromatic rings. The first-order valence-corrected chi connectivity index (χ1v) is 8.58. The topological polar surface area (TPSA) is 24.5 Å². The van der Waals surface area contributed by atoms with Crippen LogP contribution in [0.2, 0.25) is 5.02 Å². The highest BCUT2D eigenvalue weighted by molar-refractivity contribution is 7.99. The van der Waals surface area contributed by atoms with Crippen molar-refractivity contribution in [1.82, 2.24) is 5.32 Å². The van der Waals surface area contributed by atoms with Gasteiger partial charge in [-0.1, -0.05) is 17.7 Å². The van der Waals surface area contributed by atoms with Gasteiger partial charge in [-0.3, -0.25) is 0 Å². The van der Waals surface area contributed by atoms with E-state index in [9.17, 15) is 0 Å². The molecule has 1 unspecified atom stereocenters. The van der Waals surface area contributed by atoms with E-state index in [0.29, 0.717) is 6.04 Å². The van der Waals surface area contributed by atoms with Crippen molar-refractivity contribution in [3.8, 4) is 0 Å². The minimum absolute atomic E-state index is 0.560. The summed E-state index contributed by atoms with van der Waals surface area (Å²) in [5.41, 5.74) is 2.47. The molecule has 1 N–H and O–H groups in total. The summed E-state index contributed by atoms with van der Waals surface area (Å²) in [6.07, 6.45) is 0. The fourth-order valence-electron chi connectivity index (χ4n) is 2.46. The summed E-state index contributed by atoms with van der Waals surface area (Å²) < 4.78 is 5.06. The second-order valence-electron chi connectivity index (χ2n) is 5.02. The predicted molar refractivity (Wildman–Crippen MR) is 89.2 cm³/mol. The number of anilines is 1. The average molecular weight is 315 g/mol. The molecule has 0 saturated carbocycles. The molecule has 0 bridgehead atoms. The number of rotatable bonds is 6. The van der Waals surface area contributed by atoms with E-state index in [0.717, 1.165) is 31.3 Å². The molecule has 1 aliphatic rings.